The number of hydrogen-bond donors (Lipinski definition) is 1. The average Bonchev–Trinajstić information content (AvgIpc) is 2.92. The highest BCUT2D eigenvalue weighted by Gasteiger charge is 2.60. The fourth-order valence-corrected chi connectivity index (χ4v) is 7.05. The molecule has 2 amide bonds. The molecule has 0 aromatic rings. The van der Waals surface area contributed by atoms with Crippen molar-refractivity contribution in [2.75, 3.05) is 14.1 Å². The molecule has 7 atom stereocenters. The fourth-order valence-electron chi connectivity index (χ4n) is 7.05. The Hall–Kier alpha value is -1.32. The quantitative estimate of drug-likeness (QED) is 0.795. The topological polar surface area (TPSA) is 49.4 Å². The van der Waals surface area contributed by atoms with E-state index in [4.69, 9.17) is 0 Å². The van der Waals surface area contributed by atoms with E-state index in [-0.39, 0.29) is 28.7 Å². The molecule has 4 aliphatic rings. The lowest BCUT2D eigenvalue weighted by Crippen LogP contribution is -2.59. The van der Waals surface area contributed by atoms with Crippen LogP contribution in [0.1, 0.15) is 52.4 Å². The van der Waals surface area contributed by atoms with Crippen LogP contribution in [0.5, 0.6) is 0 Å². The smallest absolute Gasteiger partial charge is 0.243 e. The normalized spacial score (nSPS) is 48.2. The number of carbonyl (C=O) groups excluding carboxylic acids is 2. The zero-order valence-corrected chi connectivity index (χ0v) is 16.0. The molecule has 25 heavy (non-hydrogen) atoms. The second kappa shape index (κ2) is 5.59. The predicted molar refractivity (Wildman–Crippen MR) is 97.6 cm³/mol. The Bertz CT molecular complexity index is 627. The van der Waals surface area contributed by atoms with Gasteiger partial charge in [-0.05, 0) is 67.8 Å². The number of amides is 2. The molecule has 0 unspecified atom stereocenters. The van der Waals surface area contributed by atoms with Crippen molar-refractivity contribution in [1.29, 1.82) is 0 Å². The highest BCUT2D eigenvalue weighted by atomic mass is 16.2. The maximum absolute atomic E-state index is 12.8. The predicted octanol–water partition coefficient (Wildman–Crippen LogP) is 2.99. The van der Waals surface area contributed by atoms with Gasteiger partial charge in [-0.25, -0.2) is 0 Å². The molecule has 1 aliphatic heterocycles. The number of hydrogen-bond acceptors (Lipinski definition) is 2. The molecule has 1 heterocycles. The monoisotopic (exact) mass is 344 g/mol. The minimum absolute atomic E-state index is 0.0686. The van der Waals surface area contributed by atoms with Gasteiger partial charge in [-0.15, -0.1) is 0 Å². The second-order valence-electron chi connectivity index (χ2n) is 9.62. The molecular formula is C21H32N2O2. The Morgan fingerprint density at radius 2 is 1.88 bits per heavy atom. The molecule has 3 fully saturated rings. The van der Waals surface area contributed by atoms with Gasteiger partial charge in [0.1, 0.15) is 0 Å². The Kier molecular flexibility index (Phi) is 3.82. The van der Waals surface area contributed by atoms with Gasteiger partial charge < -0.3 is 10.2 Å². The van der Waals surface area contributed by atoms with Gasteiger partial charge in [0.2, 0.25) is 11.8 Å². The fraction of sp³-hybridized carbons (Fsp3) is 0.810. The summed E-state index contributed by atoms with van der Waals surface area (Å²) >= 11 is 0. The van der Waals surface area contributed by atoms with Gasteiger partial charge in [0, 0.05) is 31.5 Å². The molecule has 0 spiro atoms. The van der Waals surface area contributed by atoms with Crippen molar-refractivity contribution in [3.05, 3.63) is 12.2 Å². The first-order chi connectivity index (χ1) is 11.8. The van der Waals surface area contributed by atoms with Crippen molar-refractivity contribution in [3.63, 3.8) is 0 Å². The van der Waals surface area contributed by atoms with Crippen LogP contribution in [0.25, 0.3) is 0 Å². The van der Waals surface area contributed by atoms with Gasteiger partial charge in [-0.3, -0.25) is 9.59 Å². The summed E-state index contributed by atoms with van der Waals surface area (Å²) in [5.41, 5.74) is 0.245. The Morgan fingerprint density at radius 1 is 1.12 bits per heavy atom. The summed E-state index contributed by atoms with van der Waals surface area (Å²) in [6, 6.07) is 0.288. The van der Waals surface area contributed by atoms with Crippen LogP contribution in [0.3, 0.4) is 0 Å². The molecule has 138 valence electrons. The lowest BCUT2D eigenvalue weighted by molar-refractivity contribution is -0.141. The van der Waals surface area contributed by atoms with Crippen LogP contribution < -0.4 is 5.32 Å². The summed E-state index contributed by atoms with van der Waals surface area (Å²) in [4.78, 5) is 26.3. The van der Waals surface area contributed by atoms with Gasteiger partial charge in [0.25, 0.3) is 0 Å². The van der Waals surface area contributed by atoms with Crippen LogP contribution in [0.15, 0.2) is 12.2 Å². The second-order valence-corrected chi connectivity index (χ2v) is 9.62. The Labute approximate surface area is 151 Å². The molecule has 3 saturated carbocycles. The van der Waals surface area contributed by atoms with Gasteiger partial charge in [0.15, 0.2) is 0 Å². The van der Waals surface area contributed by atoms with Crippen molar-refractivity contribution >= 4 is 11.8 Å². The standard InChI is InChI=1S/C21H32N2O2/c1-20-11-9-15-13(14(20)6-7-16(20)19(25)23(3)4)5-8-17-21(15,2)12-10-18(24)22-17/h10,12-17H,5-9,11H2,1-4H3,(H,22,24)/t13-,14-,15-,16+,17+,20-,21+/m0/s1. The first-order valence-corrected chi connectivity index (χ1v) is 9.98. The molecule has 3 aliphatic carbocycles. The van der Waals surface area contributed by atoms with E-state index in [1.165, 1.54) is 19.3 Å². The maximum atomic E-state index is 12.8. The molecule has 4 nitrogen and oxygen atoms in total. The molecule has 0 aromatic heterocycles. The third-order valence-electron chi connectivity index (χ3n) is 8.42. The van der Waals surface area contributed by atoms with Crippen LogP contribution in [0.2, 0.25) is 0 Å². The third kappa shape index (κ3) is 2.32. The zero-order chi connectivity index (χ0) is 18.0. The molecule has 1 N–H and O–H groups in total. The third-order valence-corrected chi connectivity index (χ3v) is 8.42. The van der Waals surface area contributed by atoms with E-state index in [0.29, 0.717) is 23.7 Å². The number of nitrogens with one attached hydrogen (secondary N) is 1. The van der Waals surface area contributed by atoms with E-state index in [1.54, 1.807) is 11.0 Å². The number of rotatable bonds is 1. The lowest BCUT2D eigenvalue weighted by atomic mass is 9.48. The van der Waals surface area contributed by atoms with Crippen LogP contribution in [-0.2, 0) is 9.59 Å². The number of carbonyl (C=O) groups is 2. The molecule has 4 heteroatoms. The van der Waals surface area contributed by atoms with E-state index in [0.717, 1.165) is 19.3 Å². The van der Waals surface area contributed by atoms with Crippen LogP contribution in [0, 0.1) is 34.5 Å². The summed E-state index contributed by atoms with van der Waals surface area (Å²) in [5, 5.41) is 3.22. The van der Waals surface area contributed by atoms with E-state index >= 15 is 0 Å². The SMILES string of the molecule is CN(C)C(=O)[C@H]1CC[C@H]2[C@@H]3CC[C@H]4NC(=O)C=C[C@]4(C)[C@H]3CC[C@]12C. The summed E-state index contributed by atoms with van der Waals surface area (Å²) < 4.78 is 0. The molecule has 0 bridgehead atoms. The van der Waals surface area contributed by atoms with E-state index in [9.17, 15) is 9.59 Å². The molecule has 0 saturated heterocycles. The average molecular weight is 344 g/mol. The summed E-state index contributed by atoms with van der Waals surface area (Å²) in [5.74, 6) is 2.57. The Morgan fingerprint density at radius 3 is 2.60 bits per heavy atom. The van der Waals surface area contributed by atoms with Crippen molar-refractivity contribution in [3.8, 4) is 0 Å². The van der Waals surface area contributed by atoms with Gasteiger partial charge in [-0.2, -0.15) is 0 Å². The van der Waals surface area contributed by atoms with Gasteiger partial charge >= 0.3 is 0 Å². The van der Waals surface area contributed by atoms with Gasteiger partial charge in [-0.1, -0.05) is 19.9 Å². The molecule has 4 rings (SSSR count). The molecule has 0 radical (unpaired) electrons. The van der Waals surface area contributed by atoms with Crippen molar-refractivity contribution in [1.82, 2.24) is 10.2 Å². The summed E-state index contributed by atoms with van der Waals surface area (Å²) in [6.07, 6.45) is 10.8. The lowest BCUT2D eigenvalue weighted by Gasteiger charge is -2.58. The van der Waals surface area contributed by atoms with Crippen LogP contribution >= 0.6 is 0 Å². The molecular weight excluding hydrogens is 312 g/mol. The van der Waals surface area contributed by atoms with Crippen molar-refractivity contribution in [2.45, 2.75) is 58.4 Å². The minimum Gasteiger partial charge on any atom is -0.349 e. The number of fused-ring (bicyclic) bond motifs is 5. The summed E-state index contributed by atoms with van der Waals surface area (Å²) in [7, 11) is 3.79. The maximum Gasteiger partial charge on any atom is 0.243 e. The van der Waals surface area contributed by atoms with Gasteiger partial charge in [0.05, 0.1) is 0 Å². The minimum atomic E-state index is 0.0686. The molecule has 0 aromatic carbocycles. The van der Waals surface area contributed by atoms with Crippen LogP contribution in [0.4, 0.5) is 0 Å². The first kappa shape index (κ1) is 17.1. The zero-order valence-electron chi connectivity index (χ0n) is 16.0. The first-order valence-electron chi connectivity index (χ1n) is 9.98. The van der Waals surface area contributed by atoms with Crippen molar-refractivity contribution < 1.29 is 9.59 Å². The van der Waals surface area contributed by atoms with Crippen LogP contribution in [-0.4, -0.2) is 36.9 Å². The number of nitrogens with zero attached hydrogens (tertiary/aromatic N) is 1. The largest absolute Gasteiger partial charge is 0.349 e. The highest BCUT2D eigenvalue weighted by molar-refractivity contribution is 5.89. The van der Waals surface area contributed by atoms with E-state index < -0.39 is 0 Å². The van der Waals surface area contributed by atoms with E-state index in [2.05, 4.69) is 25.2 Å². The van der Waals surface area contributed by atoms with E-state index in [1.807, 2.05) is 14.1 Å². The Balaban J connectivity index is 1.63. The van der Waals surface area contributed by atoms with Crippen molar-refractivity contribution in [2.24, 2.45) is 34.5 Å². The highest BCUT2D eigenvalue weighted by Crippen LogP contribution is 2.65. The summed E-state index contributed by atoms with van der Waals surface area (Å²) in [6.45, 7) is 4.74.